The molecule has 0 aliphatic rings. The van der Waals surface area contributed by atoms with Crippen molar-refractivity contribution in [2.45, 2.75) is 19.4 Å². The van der Waals surface area contributed by atoms with E-state index in [1.807, 2.05) is 0 Å². The number of rotatable bonds is 5. The number of para-hydroxylation sites is 3. The van der Waals surface area contributed by atoms with Gasteiger partial charge < -0.3 is 20.5 Å². The standard InChI is InChI=1S/C17H17ClN2O4/c1-17(2,15(21)22)24-14-10-6-5-9-13(14)20-16(23)19-12-8-4-3-7-11(12)18/h3-10H,1-2H3,(H,21,22)(H2,19,20,23). The number of halogens is 1. The highest BCUT2D eigenvalue weighted by molar-refractivity contribution is 6.33. The van der Waals surface area contributed by atoms with Crippen molar-refractivity contribution in [3.8, 4) is 5.75 Å². The van der Waals surface area contributed by atoms with Gasteiger partial charge in [0.15, 0.2) is 5.60 Å². The number of hydrogen-bond acceptors (Lipinski definition) is 3. The number of nitrogens with one attached hydrogen (secondary N) is 2. The van der Waals surface area contributed by atoms with Gasteiger partial charge >= 0.3 is 12.0 Å². The summed E-state index contributed by atoms with van der Waals surface area (Å²) in [6.45, 7) is 2.85. The van der Waals surface area contributed by atoms with Gasteiger partial charge in [-0.3, -0.25) is 0 Å². The summed E-state index contributed by atoms with van der Waals surface area (Å²) in [6.07, 6.45) is 0. The number of urea groups is 1. The van der Waals surface area contributed by atoms with Crippen molar-refractivity contribution in [1.82, 2.24) is 0 Å². The van der Waals surface area contributed by atoms with E-state index in [9.17, 15) is 9.59 Å². The van der Waals surface area contributed by atoms with Crippen LogP contribution in [0.1, 0.15) is 13.8 Å². The molecule has 2 aromatic rings. The maximum Gasteiger partial charge on any atom is 0.347 e. The second kappa shape index (κ2) is 7.23. The van der Waals surface area contributed by atoms with Crippen molar-refractivity contribution in [3.05, 3.63) is 53.6 Å². The Morgan fingerprint density at radius 2 is 1.54 bits per heavy atom. The molecular formula is C17H17ClN2O4. The molecule has 24 heavy (non-hydrogen) atoms. The number of carbonyl (C=O) groups is 2. The zero-order valence-corrected chi connectivity index (χ0v) is 13.9. The predicted molar refractivity (Wildman–Crippen MR) is 92.9 cm³/mol. The number of aliphatic carboxylic acids is 1. The van der Waals surface area contributed by atoms with E-state index < -0.39 is 17.6 Å². The maximum atomic E-state index is 12.1. The van der Waals surface area contributed by atoms with E-state index in [-0.39, 0.29) is 5.75 Å². The van der Waals surface area contributed by atoms with E-state index >= 15 is 0 Å². The minimum Gasteiger partial charge on any atom is -0.478 e. The summed E-state index contributed by atoms with van der Waals surface area (Å²) >= 11 is 5.99. The van der Waals surface area contributed by atoms with Gasteiger partial charge in [-0.1, -0.05) is 35.9 Å². The van der Waals surface area contributed by atoms with Gasteiger partial charge in [0.05, 0.1) is 16.4 Å². The lowest BCUT2D eigenvalue weighted by Crippen LogP contribution is -2.38. The number of ether oxygens (including phenoxy) is 1. The predicted octanol–water partition coefficient (Wildman–Crippen LogP) is 4.23. The molecule has 0 atom stereocenters. The Bertz CT molecular complexity index is 762. The first-order chi connectivity index (χ1) is 11.3. The molecule has 0 spiro atoms. The molecule has 0 heterocycles. The third-order valence-electron chi connectivity index (χ3n) is 3.14. The molecular weight excluding hydrogens is 332 g/mol. The van der Waals surface area contributed by atoms with Gasteiger partial charge in [-0.05, 0) is 38.1 Å². The molecule has 3 N–H and O–H groups in total. The van der Waals surface area contributed by atoms with Gasteiger partial charge in [0.1, 0.15) is 5.75 Å². The zero-order valence-electron chi connectivity index (χ0n) is 13.2. The van der Waals surface area contributed by atoms with Crippen LogP contribution in [-0.4, -0.2) is 22.7 Å². The Morgan fingerprint density at radius 3 is 2.17 bits per heavy atom. The van der Waals surface area contributed by atoms with Crippen LogP contribution >= 0.6 is 11.6 Å². The van der Waals surface area contributed by atoms with Gasteiger partial charge in [-0.25, -0.2) is 9.59 Å². The van der Waals surface area contributed by atoms with Crippen LogP contribution in [0.2, 0.25) is 5.02 Å². The Balaban J connectivity index is 2.14. The van der Waals surface area contributed by atoms with E-state index in [1.54, 1.807) is 48.5 Å². The summed E-state index contributed by atoms with van der Waals surface area (Å²) in [5.41, 5.74) is -0.630. The zero-order chi connectivity index (χ0) is 17.7. The molecule has 2 amide bonds. The Kier molecular flexibility index (Phi) is 5.31. The number of anilines is 2. The van der Waals surface area contributed by atoms with E-state index in [4.69, 9.17) is 21.4 Å². The molecule has 7 heteroatoms. The highest BCUT2D eigenvalue weighted by Gasteiger charge is 2.30. The number of hydrogen-bond donors (Lipinski definition) is 3. The third kappa shape index (κ3) is 4.39. The lowest BCUT2D eigenvalue weighted by Gasteiger charge is -2.23. The first-order valence-corrected chi connectivity index (χ1v) is 7.51. The van der Waals surface area contributed by atoms with E-state index in [0.717, 1.165) is 0 Å². The first kappa shape index (κ1) is 17.6. The lowest BCUT2D eigenvalue weighted by atomic mass is 10.1. The van der Waals surface area contributed by atoms with Crippen LogP contribution in [0.4, 0.5) is 16.2 Å². The van der Waals surface area contributed by atoms with Crippen molar-refractivity contribution in [1.29, 1.82) is 0 Å². The summed E-state index contributed by atoms with van der Waals surface area (Å²) in [7, 11) is 0. The summed E-state index contributed by atoms with van der Waals surface area (Å²) in [6, 6.07) is 12.9. The van der Waals surface area contributed by atoms with Gasteiger partial charge in [-0.2, -0.15) is 0 Å². The summed E-state index contributed by atoms with van der Waals surface area (Å²) in [5, 5.41) is 14.8. The maximum absolute atomic E-state index is 12.1. The molecule has 0 aromatic heterocycles. The van der Waals surface area contributed by atoms with Crippen molar-refractivity contribution in [2.75, 3.05) is 10.6 Å². The van der Waals surface area contributed by atoms with Crippen LogP contribution in [0, 0.1) is 0 Å². The molecule has 0 saturated carbocycles. The molecule has 0 unspecified atom stereocenters. The average Bonchev–Trinajstić information content (AvgIpc) is 2.51. The monoisotopic (exact) mass is 348 g/mol. The smallest absolute Gasteiger partial charge is 0.347 e. The minimum atomic E-state index is -1.43. The topological polar surface area (TPSA) is 87.7 Å². The van der Waals surface area contributed by atoms with Gasteiger partial charge in [0.2, 0.25) is 0 Å². The molecule has 126 valence electrons. The highest BCUT2D eigenvalue weighted by Crippen LogP contribution is 2.28. The van der Waals surface area contributed by atoms with Gasteiger partial charge in [0.25, 0.3) is 0 Å². The Morgan fingerprint density at radius 1 is 1.00 bits per heavy atom. The largest absolute Gasteiger partial charge is 0.478 e. The van der Waals surface area contributed by atoms with Crippen molar-refractivity contribution >= 4 is 35.0 Å². The molecule has 2 rings (SSSR count). The van der Waals surface area contributed by atoms with Crippen LogP contribution in [0.15, 0.2) is 48.5 Å². The van der Waals surface area contributed by atoms with Crippen LogP contribution in [0.5, 0.6) is 5.75 Å². The SMILES string of the molecule is CC(C)(Oc1ccccc1NC(=O)Nc1ccccc1Cl)C(=O)O. The first-order valence-electron chi connectivity index (χ1n) is 7.13. The normalized spacial score (nSPS) is 10.8. The van der Waals surface area contributed by atoms with Crippen LogP contribution in [0.3, 0.4) is 0 Å². The number of carboxylic acid groups (broad SMARTS) is 1. The fourth-order valence-corrected chi connectivity index (χ4v) is 2.00. The van der Waals surface area contributed by atoms with E-state index in [0.29, 0.717) is 16.4 Å². The minimum absolute atomic E-state index is 0.249. The van der Waals surface area contributed by atoms with Crippen LogP contribution < -0.4 is 15.4 Å². The number of carboxylic acids is 1. The van der Waals surface area contributed by atoms with E-state index in [1.165, 1.54) is 13.8 Å². The summed E-state index contributed by atoms with van der Waals surface area (Å²) in [5.74, 6) is -0.864. The molecule has 0 bridgehead atoms. The van der Waals surface area contributed by atoms with Crippen molar-refractivity contribution in [2.24, 2.45) is 0 Å². The van der Waals surface area contributed by atoms with Crippen molar-refractivity contribution < 1.29 is 19.4 Å². The average molecular weight is 349 g/mol. The van der Waals surface area contributed by atoms with Crippen LogP contribution in [0.25, 0.3) is 0 Å². The number of amides is 2. The molecule has 0 aliphatic heterocycles. The van der Waals surface area contributed by atoms with Crippen LogP contribution in [-0.2, 0) is 4.79 Å². The highest BCUT2D eigenvalue weighted by atomic mass is 35.5. The Labute approximate surface area is 144 Å². The fourth-order valence-electron chi connectivity index (χ4n) is 1.82. The van der Waals surface area contributed by atoms with E-state index in [2.05, 4.69) is 10.6 Å². The summed E-state index contributed by atoms with van der Waals surface area (Å²) < 4.78 is 5.50. The molecule has 0 fully saturated rings. The molecule has 6 nitrogen and oxygen atoms in total. The quantitative estimate of drug-likeness (QED) is 0.754. The molecule has 0 aliphatic carbocycles. The second-order valence-corrected chi connectivity index (χ2v) is 5.88. The molecule has 0 radical (unpaired) electrons. The molecule has 2 aromatic carbocycles. The Hall–Kier alpha value is -2.73. The fraction of sp³-hybridized carbons (Fsp3) is 0.176. The third-order valence-corrected chi connectivity index (χ3v) is 3.47. The number of benzene rings is 2. The summed E-state index contributed by atoms with van der Waals surface area (Å²) in [4.78, 5) is 23.3. The molecule has 0 saturated heterocycles. The lowest BCUT2D eigenvalue weighted by molar-refractivity contribution is -0.152. The number of carbonyl (C=O) groups excluding carboxylic acids is 1. The second-order valence-electron chi connectivity index (χ2n) is 5.47. The van der Waals surface area contributed by atoms with Gasteiger partial charge in [-0.15, -0.1) is 0 Å². The van der Waals surface area contributed by atoms with Crippen molar-refractivity contribution in [3.63, 3.8) is 0 Å². The van der Waals surface area contributed by atoms with Gasteiger partial charge in [0, 0.05) is 0 Å².